The lowest BCUT2D eigenvalue weighted by Crippen LogP contribution is -2.29. The van der Waals surface area contributed by atoms with Crippen LogP contribution in [0.4, 0.5) is 5.69 Å². The van der Waals surface area contributed by atoms with Crippen LogP contribution in [0.1, 0.15) is 39.9 Å². The van der Waals surface area contributed by atoms with Gasteiger partial charge in [-0.05, 0) is 35.6 Å². The van der Waals surface area contributed by atoms with Crippen LogP contribution in [-0.2, 0) is 0 Å². The highest BCUT2D eigenvalue weighted by Crippen LogP contribution is 2.52. The zero-order valence-electron chi connectivity index (χ0n) is 12.6. The van der Waals surface area contributed by atoms with Gasteiger partial charge in [0, 0.05) is 27.2 Å². The van der Waals surface area contributed by atoms with Crippen LogP contribution in [-0.4, -0.2) is 5.97 Å². The van der Waals surface area contributed by atoms with Gasteiger partial charge in [-0.15, -0.1) is 0 Å². The number of hydrogen-bond acceptors (Lipinski definition) is 3. The van der Waals surface area contributed by atoms with Gasteiger partial charge < -0.3 is 15.2 Å². The molecule has 0 spiro atoms. The highest BCUT2D eigenvalue weighted by Gasteiger charge is 2.39. The van der Waals surface area contributed by atoms with Crippen LogP contribution >= 0.6 is 23.2 Å². The van der Waals surface area contributed by atoms with Crippen molar-refractivity contribution in [1.29, 1.82) is 0 Å². The summed E-state index contributed by atoms with van der Waals surface area (Å²) in [5.74, 6) is -0.593. The highest BCUT2D eigenvalue weighted by molar-refractivity contribution is 6.35. The molecule has 1 N–H and O–H groups in total. The van der Waals surface area contributed by atoms with Crippen LogP contribution in [0.15, 0.2) is 48.6 Å². The van der Waals surface area contributed by atoms with Gasteiger partial charge in [-0.1, -0.05) is 59.6 Å². The lowest BCUT2D eigenvalue weighted by Gasteiger charge is -2.38. The van der Waals surface area contributed by atoms with Crippen molar-refractivity contribution in [2.75, 3.05) is 5.32 Å². The average Bonchev–Trinajstić information content (AvgIpc) is 3.02. The number of carbonyl (C=O) groups is 1. The van der Waals surface area contributed by atoms with Crippen molar-refractivity contribution in [3.05, 3.63) is 75.3 Å². The van der Waals surface area contributed by atoms with E-state index in [9.17, 15) is 9.90 Å². The van der Waals surface area contributed by atoms with Crippen molar-refractivity contribution in [3.8, 4) is 0 Å². The summed E-state index contributed by atoms with van der Waals surface area (Å²) in [6, 6.07) is 10.6. The summed E-state index contributed by atoms with van der Waals surface area (Å²) in [5, 5.41) is 15.8. The van der Waals surface area contributed by atoms with Gasteiger partial charge in [-0.3, -0.25) is 0 Å². The Labute approximate surface area is 149 Å². The van der Waals surface area contributed by atoms with Crippen molar-refractivity contribution in [2.24, 2.45) is 5.92 Å². The molecule has 0 fully saturated rings. The third-order valence-electron chi connectivity index (χ3n) is 4.89. The minimum atomic E-state index is -1.16. The number of aromatic carboxylic acids is 1. The second kappa shape index (κ2) is 5.83. The molecule has 3 nitrogen and oxygen atoms in total. The first-order valence-corrected chi connectivity index (χ1v) is 8.53. The number of carboxylic acids is 1. The van der Waals surface area contributed by atoms with Crippen LogP contribution in [0.25, 0.3) is 0 Å². The van der Waals surface area contributed by atoms with Gasteiger partial charge in [0.1, 0.15) is 0 Å². The average molecular weight is 359 g/mol. The Hall–Kier alpha value is -1.97. The SMILES string of the molecule is O=C([O-])c1ccc([C@H]2Nc3cc(Cl)cc(Cl)c3[C@@H]3C=CC[C@@H]23)cc1. The Morgan fingerprint density at radius 2 is 1.92 bits per heavy atom. The number of nitrogens with one attached hydrogen (secondary N) is 1. The molecule has 5 heteroatoms. The van der Waals surface area contributed by atoms with Gasteiger partial charge in [0.25, 0.3) is 0 Å². The van der Waals surface area contributed by atoms with Crippen LogP contribution < -0.4 is 10.4 Å². The molecule has 2 aromatic carbocycles. The van der Waals surface area contributed by atoms with Crippen molar-refractivity contribution in [1.82, 2.24) is 0 Å². The molecule has 0 bridgehead atoms. The van der Waals surface area contributed by atoms with Crippen LogP contribution in [0.3, 0.4) is 0 Å². The Kier molecular flexibility index (Phi) is 3.78. The number of rotatable bonds is 2. The number of anilines is 1. The van der Waals surface area contributed by atoms with Crippen molar-refractivity contribution >= 4 is 34.9 Å². The molecule has 0 radical (unpaired) electrons. The molecule has 0 saturated carbocycles. The van der Waals surface area contributed by atoms with E-state index in [0.717, 1.165) is 23.2 Å². The molecular formula is C19H14Cl2NO2-. The van der Waals surface area contributed by atoms with Gasteiger partial charge in [0.15, 0.2) is 0 Å². The maximum atomic E-state index is 10.9. The molecule has 4 rings (SSSR count). The lowest BCUT2D eigenvalue weighted by molar-refractivity contribution is -0.255. The van der Waals surface area contributed by atoms with Crippen molar-refractivity contribution in [2.45, 2.75) is 18.4 Å². The van der Waals surface area contributed by atoms with E-state index in [1.54, 1.807) is 18.2 Å². The van der Waals surface area contributed by atoms with Gasteiger partial charge in [0.2, 0.25) is 0 Å². The van der Waals surface area contributed by atoms with Crippen molar-refractivity contribution < 1.29 is 9.90 Å². The largest absolute Gasteiger partial charge is 0.545 e. The first kappa shape index (κ1) is 15.6. The molecule has 3 atom stereocenters. The number of allylic oxidation sites excluding steroid dienone is 2. The number of halogens is 2. The first-order valence-electron chi connectivity index (χ1n) is 7.78. The molecular weight excluding hydrogens is 345 g/mol. The van der Waals surface area contributed by atoms with E-state index >= 15 is 0 Å². The quantitative estimate of drug-likeness (QED) is 0.819. The second-order valence-electron chi connectivity index (χ2n) is 6.23. The molecule has 0 aromatic heterocycles. The molecule has 1 heterocycles. The second-order valence-corrected chi connectivity index (χ2v) is 7.08. The summed E-state index contributed by atoms with van der Waals surface area (Å²) in [5.41, 5.74) is 3.25. The van der Waals surface area contributed by atoms with Gasteiger partial charge >= 0.3 is 0 Å². The minimum absolute atomic E-state index is 0.0721. The summed E-state index contributed by atoms with van der Waals surface area (Å²) < 4.78 is 0. The molecule has 0 unspecified atom stereocenters. The summed E-state index contributed by atoms with van der Waals surface area (Å²) >= 11 is 12.6. The zero-order chi connectivity index (χ0) is 16.8. The van der Waals surface area contributed by atoms with E-state index in [-0.39, 0.29) is 17.5 Å². The maximum Gasteiger partial charge on any atom is 0.0715 e. The molecule has 1 aliphatic heterocycles. The number of carbonyl (C=O) groups excluding carboxylic acids is 1. The van der Waals surface area contributed by atoms with E-state index in [0.29, 0.717) is 16.0 Å². The lowest BCUT2D eigenvalue weighted by atomic mass is 9.77. The van der Waals surface area contributed by atoms with Gasteiger partial charge in [-0.25, -0.2) is 0 Å². The number of benzene rings is 2. The van der Waals surface area contributed by atoms with Crippen LogP contribution in [0.2, 0.25) is 10.0 Å². The van der Waals surface area contributed by atoms with Crippen LogP contribution in [0, 0.1) is 5.92 Å². The summed E-state index contributed by atoms with van der Waals surface area (Å²) in [6.45, 7) is 0. The minimum Gasteiger partial charge on any atom is -0.545 e. The van der Waals surface area contributed by atoms with Crippen molar-refractivity contribution in [3.63, 3.8) is 0 Å². The maximum absolute atomic E-state index is 10.9. The number of fused-ring (bicyclic) bond motifs is 3. The summed E-state index contributed by atoms with van der Waals surface area (Å²) in [7, 11) is 0. The highest BCUT2D eigenvalue weighted by atomic mass is 35.5. The predicted octanol–water partition coefficient (Wildman–Crippen LogP) is 4.18. The smallest absolute Gasteiger partial charge is 0.0715 e. The molecule has 2 aliphatic rings. The number of carboxylic acid groups (broad SMARTS) is 1. The zero-order valence-corrected chi connectivity index (χ0v) is 14.1. The fraction of sp³-hybridized carbons (Fsp3) is 0.211. The topological polar surface area (TPSA) is 52.2 Å². The molecule has 1 aliphatic carbocycles. The van der Waals surface area contributed by atoms with E-state index in [2.05, 4.69) is 17.5 Å². The van der Waals surface area contributed by atoms with Crippen LogP contribution in [0.5, 0.6) is 0 Å². The number of hydrogen-bond donors (Lipinski definition) is 1. The Balaban J connectivity index is 1.76. The third-order valence-corrected chi connectivity index (χ3v) is 5.42. The fourth-order valence-corrected chi connectivity index (χ4v) is 4.42. The molecule has 2 aromatic rings. The molecule has 0 saturated heterocycles. The monoisotopic (exact) mass is 358 g/mol. The Bertz CT molecular complexity index is 845. The van der Waals surface area contributed by atoms with Gasteiger partial charge in [0.05, 0.1) is 12.0 Å². The van der Waals surface area contributed by atoms with E-state index < -0.39 is 5.97 Å². The fourth-order valence-electron chi connectivity index (χ4n) is 3.80. The first-order chi connectivity index (χ1) is 11.5. The summed E-state index contributed by atoms with van der Waals surface area (Å²) in [6.07, 6.45) is 5.33. The molecule has 122 valence electrons. The standard InChI is InChI=1S/C19H15Cl2NO2/c20-12-8-15(21)17-13-2-1-3-14(13)18(22-16(17)9-12)10-4-6-11(7-5-10)19(23)24/h1-2,4-9,13-14,18,22H,3H2,(H,23,24)/p-1/t13-,14-,18-/m1/s1. The van der Waals surface area contributed by atoms with E-state index in [1.807, 2.05) is 18.2 Å². The third kappa shape index (κ3) is 2.48. The molecule has 0 amide bonds. The van der Waals surface area contributed by atoms with E-state index in [1.165, 1.54) is 0 Å². The predicted molar refractivity (Wildman–Crippen MR) is 93.6 cm³/mol. The Morgan fingerprint density at radius 3 is 2.62 bits per heavy atom. The van der Waals surface area contributed by atoms with E-state index in [4.69, 9.17) is 23.2 Å². The molecule has 24 heavy (non-hydrogen) atoms. The normalized spacial score (nSPS) is 24.2. The van der Waals surface area contributed by atoms with Gasteiger partial charge in [-0.2, -0.15) is 0 Å². The summed E-state index contributed by atoms with van der Waals surface area (Å²) in [4.78, 5) is 10.9. The Morgan fingerprint density at radius 1 is 1.17 bits per heavy atom.